The molecule has 5 nitrogen and oxygen atoms in total. The minimum absolute atomic E-state index is 0.00923. The van der Waals surface area contributed by atoms with Gasteiger partial charge >= 0.3 is 5.69 Å². The summed E-state index contributed by atoms with van der Waals surface area (Å²) in [6, 6.07) is 2.47. The van der Waals surface area contributed by atoms with Crippen LogP contribution in [-0.4, -0.2) is 22.7 Å². The van der Waals surface area contributed by atoms with Crippen LogP contribution in [0.3, 0.4) is 0 Å². The molecule has 1 aromatic rings. The standard InChI is InChI=1S/C14H17Cl2NO4/c15-11-6-13(17(19)20)14(7-12(11)16)21-8-10(18)5-9-3-1-2-4-9/h6-7,9-10,18H,1-5,8H2. The predicted molar refractivity (Wildman–Crippen MR) is 81.2 cm³/mol. The van der Waals surface area contributed by atoms with E-state index in [-0.39, 0.29) is 28.1 Å². The van der Waals surface area contributed by atoms with Crippen molar-refractivity contribution < 1.29 is 14.8 Å². The van der Waals surface area contributed by atoms with Crippen LogP contribution in [0.2, 0.25) is 10.0 Å². The molecule has 0 aromatic heterocycles. The molecule has 1 aliphatic rings. The van der Waals surface area contributed by atoms with Gasteiger partial charge in [0.1, 0.15) is 6.61 Å². The van der Waals surface area contributed by atoms with Crippen molar-refractivity contribution in [1.82, 2.24) is 0 Å². The summed E-state index contributed by atoms with van der Waals surface area (Å²) in [6.45, 7) is 0.00923. The van der Waals surface area contributed by atoms with Gasteiger partial charge in [0.2, 0.25) is 0 Å². The summed E-state index contributed by atoms with van der Waals surface area (Å²) in [6.07, 6.45) is 4.69. The van der Waals surface area contributed by atoms with Crippen LogP contribution in [0.4, 0.5) is 5.69 Å². The Kier molecular flexibility index (Phi) is 5.67. The van der Waals surface area contributed by atoms with E-state index in [0.717, 1.165) is 18.9 Å². The van der Waals surface area contributed by atoms with Gasteiger partial charge in [-0.05, 0) is 12.3 Å². The molecule has 0 amide bonds. The lowest BCUT2D eigenvalue weighted by Gasteiger charge is -2.16. The maximum Gasteiger partial charge on any atom is 0.312 e. The third-order valence-electron chi connectivity index (χ3n) is 3.71. The second-order valence-corrected chi connectivity index (χ2v) is 6.16. The molecule has 1 unspecified atom stereocenters. The lowest BCUT2D eigenvalue weighted by atomic mass is 10.0. The molecule has 116 valence electrons. The Morgan fingerprint density at radius 1 is 1.33 bits per heavy atom. The van der Waals surface area contributed by atoms with Crippen LogP contribution in [0.25, 0.3) is 0 Å². The molecule has 0 saturated heterocycles. The fourth-order valence-electron chi connectivity index (χ4n) is 2.66. The molecule has 0 heterocycles. The van der Waals surface area contributed by atoms with Crippen LogP contribution >= 0.6 is 23.2 Å². The molecule has 1 atom stereocenters. The Morgan fingerprint density at radius 2 is 1.95 bits per heavy atom. The zero-order valence-corrected chi connectivity index (χ0v) is 12.9. The first-order valence-corrected chi connectivity index (χ1v) is 7.67. The number of nitrogens with zero attached hydrogens (tertiary/aromatic N) is 1. The van der Waals surface area contributed by atoms with E-state index in [4.69, 9.17) is 27.9 Å². The van der Waals surface area contributed by atoms with Crippen LogP contribution in [0.15, 0.2) is 12.1 Å². The van der Waals surface area contributed by atoms with Crippen molar-refractivity contribution in [1.29, 1.82) is 0 Å². The van der Waals surface area contributed by atoms with Gasteiger partial charge in [-0.1, -0.05) is 48.9 Å². The number of benzene rings is 1. The van der Waals surface area contributed by atoms with Crippen molar-refractivity contribution in [3.63, 3.8) is 0 Å². The number of hydrogen-bond donors (Lipinski definition) is 1. The monoisotopic (exact) mass is 333 g/mol. The fraction of sp³-hybridized carbons (Fsp3) is 0.571. The molecule has 0 bridgehead atoms. The summed E-state index contributed by atoms with van der Waals surface area (Å²) < 4.78 is 5.37. The van der Waals surface area contributed by atoms with E-state index in [1.807, 2.05) is 0 Å². The minimum Gasteiger partial charge on any atom is -0.484 e. The van der Waals surface area contributed by atoms with Gasteiger partial charge in [-0.2, -0.15) is 0 Å². The molecule has 21 heavy (non-hydrogen) atoms. The van der Waals surface area contributed by atoms with Gasteiger partial charge in [0, 0.05) is 12.1 Å². The number of aliphatic hydroxyl groups excluding tert-OH is 1. The first-order chi connectivity index (χ1) is 9.97. The van der Waals surface area contributed by atoms with E-state index >= 15 is 0 Å². The highest BCUT2D eigenvalue weighted by Crippen LogP contribution is 2.36. The Labute approximate surface area is 133 Å². The van der Waals surface area contributed by atoms with Gasteiger partial charge in [-0.15, -0.1) is 0 Å². The van der Waals surface area contributed by atoms with Gasteiger partial charge in [0.25, 0.3) is 0 Å². The molecule has 1 N–H and O–H groups in total. The number of rotatable bonds is 6. The lowest BCUT2D eigenvalue weighted by Crippen LogP contribution is -2.20. The molecule has 1 saturated carbocycles. The third kappa shape index (κ3) is 4.46. The summed E-state index contributed by atoms with van der Waals surface area (Å²) >= 11 is 11.6. The summed E-state index contributed by atoms with van der Waals surface area (Å²) in [4.78, 5) is 10.4. The summed E-state index contributed by atoms with van der Waals surface area (Å²) in [5.41, 5.74) is -0.252. The molecular formula is C14H17Cl2NO4. The fourth-order valence-corrected chi connectivity index (χ4v) is 2.97. The Morgan fingerprint density at radius 3 is 2.57 bits per heavy atom. The number of aliphatic hydroxyl groups is 1. The van der Waals surface area contributed by atoms with Crippen molar-refractivity contribution in [2.75, 3.05) is 6.61 Å². The second-order valence-electron chi connectivity index (χ2n) is 5.34. The van der Waals surface area contributed by atoms with E-state index < -0.39 is 11.0 Å². The van der Waals surface area contributed by atoms with Crippen molar-refractivity contribution in [3.8, 4) is 5.75 Å². The Bertz CT molecular complexity index is 518. The highest BCUT2D eigenvalue weighted by molar-refractivity contribution is 6.42. The van der Waals surface area contributed by atoms with Crippen LogP contribution in [0, 0.1) is 16.0 Å². The van der Waals surface area contributed by atoms with Crippen molar-refractivity contribution in [2.45, 2.75) is 38.2 Å². The molecule has 1 aromatic carbocycles. The zero-order chi connectivity index (χ0) is 15.4. The van der Waals surface area contributed by atoms with Crippen molar-refractivity contribution >= 4 is 28.9 Å². The van der Waals surface area contributed by atoms with Crippen molar-refractivity contribution in [2.24, 2.45) is 5.92 Å². The predicted octanol–water partition coefficient (Wildman–Crippen LogP) is 4.22. The number of nitro benzene ring substituents is 1. The second kappa shape index (κ2) is 7.29. The van der Waals surface area contributed by atoms with Gasteiger partial charge < -0.3 is 9.84 Å². The van der Waals surface area contributed by atoms with E-state index in [2.05, 4.69) is 0 Å². The summed E-state index contributed by atoms with van der Waals surface area (Å²) in [5, 5.41) is 21.2. The normalized spacial score (nSPS) is 16.9. The maximum atomic E-state index is 11.0. The first-order valence-electron chi connectivity index (χ1n) is 6.91. The van der Waals surface area contributed by atoms with E-state index in [9.17, 15) is 15.2 Å². The first kappa shape index (κ1) is 16.3. The molecule has 0 aliphatic heterocycles. The van der Waals surface area contributed by atoms with Crippen LogP contribution in [-0.2, 0) is 0 Å². The average Bonchev–Trinajstić information content (AvgIpc) is 2.92. The third-order valence-corrected chi connectivity index (χ3v) is 4.43. The lowest BCUT2D eigenvalue weighted by molar-refractivity contribution is -0.385. The largest absolute Gasteiger partial charge is 0.484 e. The van der Waals surface area contributed by atoms with Crippen LogP contribution in [0.5, 0.6) is 5.75 Å². The smallest absolute Gasteiger partial charge is 0.312 e. The summed E-state index contributed by atoms with van der Waals surface area (Å²) in [7, 11) is 0. The number of nitro groups is 1. The topological polar surface area (TPSA) is 72.6 Å². The SMILES string of the molecule is O=[N+]([O-])c1cc(Cl)c(Cl)cc1OCC(O)CC1CCCC1. The van der Waals surface area contributed by atoms with Crippen molar-refractivity contribution in [3.05, 3.63) is 32.3 Å². The summed E-state index contributed by atoms with van der Waals surface area (Å²) in [5.74, 6) is 0.548. The average molecular weight is 334 g/mol. The highest BCUT2D eigenvalue weighted by Gasteiger charge is 2.22. The maximum absolute atomic E-state index is 11.0. The molecule has 1 aliphatic carbocycles. The van der Waals surface area contributed by atoms with Crippen LogP contribution in [0.1, 0.15) is 32.1 Å². The Hall–Kier alpha value is -1.04. The van der Waals surface area contributed by atoms with Gasteiger partial charge in [0.15, 0.2) is 5.75 Å². The van der Waals surface area contributed by atoms with Gasteiger partial charge in [-0.25, -0.2) is 0 Å². The van der Waals surface area contributed by atoms with Crippen LogP contribution < -0.4 is 4.74 Å². The number of ether oxygens (including phenoxy) is 1. The quantitative estimate of drug-likeness (QED) is 0.624. The molecule has 0 radical (unpaired) electrons. The number of halogens is 2. The minimum atomic E-state index is -0.637. The van der Waals surface area contributed by atoms with E-state index in [1.54, 1.807) is 0 Å². The molecule has 1 fully saturated rings. The molecule has 2 rings (SSSR count). The number of hydrogen-bond acceptors (Lipinski definition) is 4. The Balaban J connectivity index is 1.98. The van der Waals surface area contributed by atoms with Gasteiger partial charge in [0.05, 0.1) is 21.1 Å². The highest BCUT2D eigenvalue weighted by atomic mass is 35.5. The van der Waals surface area contributed by atoms with Gasteiger partial charge in [-0.3, -0.25) is 10.1 Å². The molecule has 7 heteroatoms. The zero-order valence-electron chi connectivity index (χ0n) is 11.4. The molecule has 0 spiro atoms. The van der Waals surface area contributed by atoms with E-state index in [0.29, 0.717) is 12.3 Å². The van der Waals surface area contributed by atoms with E-state index in [1.165, 1.54) is 18.9 Å². The molecular weight excluding hydrogens is 317 g/mol.